The third-order valence-electron chi connectivity index (χ3n) is 7.35. The van der Waals surface area contributed by atoms with Crippen molar-refractivity contribution in [2.24, 2.45) is 0 Å². The van der Waals surface area contributed by atoms with Crippen molar-refractivity contribution in [2.45, 2.75) is 62.6 Å². The molecule has 0 aliphatic heterocycles. The number of amides is 2. The SMILES string of the molecule is COc1cccc(CN(C(=O)CN(c2cc(Cl)cc(Cl)c2)S(=O)(=O)c2ccccc2)[C@@H](C)C(=O)NC2CCCCC2)c1. The number of sulfonamides is 1. The topological polar surface area (TPSA) is 96.0 Å². The number of rotatable bonds is 11. The lowest BCUT2D eigenvalue weighted by molar-refractivity contribution is -0.139. The summed E-state index contributed by atoms with van der Waals surface area (Å²) in [6.45, 7) is 1.13. The Morgan fingerprint density at radius 2 is 1.62 bits per heavy atom. The first-order valence-electron chi connectivity index (χ1n) is 13.8. The van der Waals surface area contributed by atoms with Gasteiger partial charge in [0, 0.05) is 22.6 Å². The predicted octanol–water partition coefficient (Wildman–Crippen LogP) is 6.06. The molecule has 0 spiro atoms. The summed E-state index contributed by atoms with van der Waals surface area (Å²) >= 11 is 12.5. The Morgan fingerprint density at radius 1 is 0.952 bits per heavy atom. The maximum atomic E-state index is 14.1. The van der Waals surface area contributed by atoms with Crippen LogP contribution in [-0.2, 0) is 26.2 Å². The minimum Gasteiger partial charge on any atom is -0.497 e. The van der Waals surface area contributed by atoms with Crippen molar-refractivity contribution in [3.63, 3.8) is 0 Å². The van der Waals surface area contributed by atoms with Crippen molar-refractivity contribution in [3.05, 3.63) is 88.4 Å². The van der Waals surface area contributed by atoms with E-state index in [1.807, 2.05) is 6.07 Å². The molecule has 2 amide bonds. The van der Waals surface area contributed by atoms with Crippen LogP contribution < -0.4 is 14.4 Å². The molecule has 3 aromatic rings. The summed E-state index contributed by atoms with van der Waals surface area (Å²) in [6.07, 6.45) is 5.00. The molecule has 4 rings (SSSR count). The van der Waals surface area contributed by atoms with E-state index in [4.69, 9.17) is 27.9 Å². The molecule has 3 aromatic carbocycles. The molecule has 0 radical (unpaired) electrons. The number of hydrogen-bond donors (Lipinski definition) is 1. The van der Waals surface area contributed by atoms with Gasteiger partial charge in [-0.25, -0.2) is 8.42 Å². The van der Waals surface area contributed by atoms with Crippen LogP contribution in [0.1, 0.15) is 44.6 Å². The molecule has 0 bridgehead atoms. The lowest BCUT2D eigenvalue weighted by atomic mass is 9.95. The number of halogens is 2. The van der Waals surface area contributed by atoms with Crippen molar-refractivity contribution in [3.8, 4) is 5.75 Å². The van der Waals surface area contributed by atoms with Crippen molar-refractivity contribution in [1.82, 2.24) is 10.2 Å². The van der Waals surface area contributed by atoms with E-state index < -0.39 is 28.5 Å². The average molecular weight is 633 g/mol. The summed E-state index contributed by atoms with van der Waals surface area (Å²) < 4.78 is 34.1. The maximum Gasteiger partial charge on any atom is 0.264 e. The molecule has 0 aromatic heterocycles. The van der Waals surface area contributed by atoms with E-state index in [9.17, 15) is 18.0 Å². The predicted molar refractivity (Wildman–Crippen MR) is 165 cm³/mol. The molecular weight excluding hydrogens is 597 g/mol. The molecule has 1 aliphatic carbocycles. The molecule has 224 valence electrons. The van der Waals surface area contributed by atoms with Crippen LogP contribution >= 0.6 is 23.2 Å². The van der Waals surface area contributed by atoms with Crippen LogP contribution in [0.2, 0.25) is 10.0 Å². The van der Waals surface area contributed by atoms with Gasteiger partial charge in [-0.1, -0.05) is 72.8 Å². The number of ether oxygens (including phenoxy) is 1. The average Bonchev–Trinajstić information content (AvgIpc) is 2.98. The van der Waals surface area contributed by atoms with Gasteiger partial charge in [-0.15, -0.1) is 0 Å². The Labute approximate surface area is 257 Å². The van der Waals surface area contributed by atoms with Crippen LogP contribution in [-0.4, -0.2) is 50.9 Å². The van der Waals surface area contributed by atoms with Crippen molar-refractivity contribution in [2.75, 3.05) is 18.0 Å². The lowest BCUT2D eigenvalue weighted by Crippen LogP contribution is -2.53. The van der Waals surface area contributed by atoms with E-state index in [0.29, 0.717) is 5.75 Å². The number of nitrogens with zero attached hydrogens (tertiary/aromatic N) is 2. The zero-order chi connectivity index (χ0) is 30.3. The van der Waals surface area contributed by atoms with E-state index in [2.05, 4.69) is 5.32 Å². The van der Waals surface area contributed by atoms with Gasteiger partial charge >= 0.3 is 0 Å². The van der Waals surface area contributed by atoms with Gasteiger partial charge in [0.15, 0.2) is 0 Å². The largest absolute Gasteiger partial charge is 0.497 e. The third-order valence-corrected chi connectivity index (χ3v) is 9.58. The second kappa shape index (κ2) is 14.3. The number of benzene rings is 3. The number of methoxy groups -OCH3 is 1. The molecule has 1 atom stereocenters. The molecule has 1 saturated carbocycles. The van der Waals surface area contributed by atoms with Crippen LogP contribution in [0.3, 0.4) is 0 Å². The van der Waals surface area contributed by atoms with Gasteiger partial charge in [0.05, 0.1) is 17.7 Å². The second-order valence-electron chi connectivity index (χ2n) is 10.3. The number of nitrogens with one attached hydrogen (secondary N) is 1. The van der Waals surface area contributed by atoms with Crippen LogP contribution in [0, 0.1) is 0 Å². The van der Waals surface area contributed by atoms with Crippen LogP contribution in [0.5, 0.6) is 5.75 Å². The molecule has 0 heterocycles. The van der Waals surface area contributed by atoms with Gasteiger partial charge in [-0.2, -0.15) is 0 Å². The number of hydrogen-bond acceptors (Lipinski definition) is 5. The van der Waals surface area contributed by atoms with Crippen LogP contribution in [0.4, 0.5) is 5.69 Å². The highest BCUT2D eigenvalue weighted by Crippen LogP contribution is 2.30. The Morgan fingerprint density at radius 3 is 2.26 bits per heavy atom. The molecule has 0 unspecified atom stereocenters. The van der Waals surface area contributed by atoms with Gasteiger partial charge in [0.2, 0.25) is 11.8 Å². The zero-order valence-electron chi connectivity index (χ0n) is 23.6. The van der Waals surface area contributed by atoms with E-state index in [-0.39, 0.29) is 39.1 Å². The molecule has 11 heteroatoms. The zero-order valence-corrected chi connectivity index (χ0v) is 26.0. The smallest absolute Gasteiger partial charge is 0.264 e. The fourth-order valence-electron chi connectivity index (χ4n) is 5.05. The highest BCUT2D eigenvalue weighted by molar-refractivity contribution is 7.92. The van der Waals surface area contributed by atoms with Crippen LogP contribution in [0.15, 0.2) is 77.7 Å². The monoisotopic (exact) mass is 631 g/mol. The van der Waals surface area contributed by atoms with Gasteiger partial charge in [0.25, 0.3) is 10.0 Å². The summed E-state index contributed by atoms with van der Waals surface area (Å²) in [7, 11) is -2.67. The minimum atomic E-state index is -4.22. The fraction of sp³-hybridized carbons (Fsp3) is 0.355. The minimum absolute atomic E-state index is 0.00339. The molecule has 1 aliphatic rings. The quantitative estimate of drug-likeness (QED) is 0.277. The number of carbonyl (C=O) groups is 2. The summed E-state index contributed by atoms with van der Waals surface area (Å²) in [5.41, 5.74) is 0.855. The molecule has 42 heavy (non-hydrogen) atoms. The first-order valence-corrected chi connectivity index (χ1v) is 16.0. The highest BCUT2D eigenvalue weighted by Gasteiger charge is 2.33. The third kappa shape index (κ3) is 7.96. The molecule has 1 N–H and O–H groups in total. The number of anilines is 1. The van der Waals surface area contributed by atoms with E-state index in [0.717, 1.165) is 42.0 Å². The van der Waals surface area contributed by atoms with Gasteiger partial charge in [0.1, 0.15) is 18.3 Å². The normalized spacial score (nSPS) is 14.6. The Bertz CT molecular complexity index is 1480. The molecule has 0 saturated heterocycles. The summed E-state index contributed by atoms with van der Waals surface area (Å²) in [6, 6.07) is 18.5. The lowest BCUT2D eigenvalue weighted by Gasteiger charge is -2.33. The number of carbonyl (C=O) groups excluding carboxylic acids is 2. The summed E-state index contributed by atoms with van der Waals surface area (Å²) in [4.78, 5) is 28.9. The summed E-state index contributed by atoms with van der Waals surface area (Å²) in [5.74, 6) is -0.262. The fourth-order valence-corrected chi connectivity index (χ4v) is 6.98. The van der Waals surface area contributed by atoms with Gasteiger partial charge in [-0.3, -0.25) is 13.9 Å². The van der Waals surface area contributed by atoms with E-state index >= 15 is 0 Å². The first-order chi connectivity index (χ1) is 20.1. The van der Waals surface area contributed by atoms with E-state index in [1.165, 1.54) is 35.2 Å². The molecule has 8 nitrogen and oxygen atoms in total. The molecular formula is C31H35Cl2N3O5S. The van der Waals surface area contributed by atoms with Gasteiger partial charge in [-0.05, 0) is 67.8 Å². The second-order valence-corrected chi connectivity index (χ2v) is 13.1. The van der Waals surface area contributed by atoms with Crippen molar-refractivity contribution < 1.29 is 22.7 Å². The standard InChI is InChI=1S/C31H35Cl2N3O5S/c1-22(31(38)34-26-11-5-3-6-12-26)35(20-23-10-9-13-28(16-23)41-2)30(37)21-36(27-18-24(32)17-25(33)19-27)42(39,40)29-14-7-4-8-15-29/h4,7-10,13-19,22,26H,3,5-6,11-12,20-21H2,1-2H3,(H,34,38)/t22-/m0/s1. The van der Waals surface area contributed by atoms with Crippen LogP contribution in [0.25, 0.3) is 0 Å². The van der Waals surface area contributed by atoms with E-state index in [1.54, 1.807) is 50.4 Å². The maximum absolute atomic E-state index is 14.1. The summed E-state index contributed by atoms with van der Waals surface area (Å²) in [5, 5.41) is 3.52. The Balaban J connectivity index is 1.70. The van der Waals surface area contributed by atoms with Gasteiger partial charge < -0.3 is 15.0 Å². The molecule has 1 fully saturated rings. The van der Waals surface area contributed by atoms with Crippen molar-refractivity contribution >= 4 is 50.7 Å². The highest BCUT2D eigenvalue weighted by atomic mass is 35.5. The Kier molecular flexibility index (Phi) is 10.8. The Hall–Kier alpha value is -3.27. The first kappa shape index (κ1) is 31.7. The van der Waals surface area contributed by atoms with Crippen molar-refractivity contribution in [1.29, 1.82) is 0 Å².